The van der Waals surface area contributed by atoms with Crippen molar-refractivity contribution in [3.8, 4) is 5.75 Å². The first kappa shape index (κ1) is 28.9. The molecule has 3 amide bonds. The van der Waals surface area contributed by atoms with Crippen molar-refractivity contribution in [1.82, 2.24) is 15.1 Å². The molecule has 3 fully saturated rings. The van der Waals surface area contributed by atoms with Crippen LogP contribution in [0.1, 0.15) is 50.5 Å². The molecule has 1 saturated carbocycles. The minimum absolute atomic E-state index is 0.0148. The molecule has 0 bridgehead atoms. The number of ether oxygens (including phenoxy) is 2. The molecule has 39 heavy (non-hydrogen) atoms. The number of nitrogens with two attached hydrogens (primary N) is 1. The molecule has 1 aromatic rings. The lowest BCUT2D eigenvalue weighted by Crippen LogP contribution is -2.86. The Hall–Kier alpha value is -3.14. The van der Waals surface area contributed by atoms with E-state index in [1.807, 2.05) is 12.1 Å². The van der Waals surface area contributed by atoms with Crippen LogP contribution in [0.2, 0.25) is 0 Å². The summed E-state index contributed by atoms with van der Waals surface area (Å²) < 4.78 is 10.2. The van der Waals surface area contributed by atoms with Gasteiger partial charge in [0, 0.05) is 44.2 Å². The summed E-state index contributed by atoms with van der Waals surface area (Å²) in [6.45, 7) is 2.73. The summed E-state index contributed by atoms with van der Waals surface area (Å²) in [5.41, 5.74) is 0.830. The van der Waals surface area contributed by atoms with Crippen molar-refractivity contribution >= 4 is 23.7 Å². The Morgan fingerprint density at radius 3 is 2.23 bits per heavy atom. The first-order valence-corrected chi connectivity index (χ1v) is 14.3. The van der Waals surface area contributed by atoms with Crippen molar-refractivity contribution in [2.45, 2.75) is 63.5 Å². The predicted octanol–water partition coefficient (Wildman–Crippen LogP) is 0.489. The van der Waals surface area contributed by atoms with Crippen molar-refractivity contribution in [2.24, 2.45) is 11.8 Å². The lowest BCUT2D eigenvalue weighted by atomic mass is 9.87. The third-order valence-corrected chi connectivity index (χ3v) is 8.42. The van der Waals surface area contributed by atoms with Gasteiger partial charge in [0.15, 0.2) is 0 Å². The quantitative estimate of drug-likeness (QED) is 0.461. The topological polar surface area (TPSA) is 122 Å². The maximum Gasteiger partial charge on any atom is 0.328 e. The van der Waals surface area contributed by atoms with Gasteiger partial charge in [-0.1, -0.05) is 31.4 Å². The molecule has 10 nitrogen and oxygen atoms in total. The zero-order chi connectivity index (χ0) is 27.8. The molecule has 4 rings (SSSR count). The van der Waals surface area contributed by atoms with Gasteiger partial charge in [-0.15, -0.1) is 0 Å². The van der Waals surface area contributed by atoms with E-state index >= 15 is 0 Å². The van der Waals surface area contributed by atoms with E-state index in [-0.39, 0.29) is 36.6 Å². The van der Waals surface area contributed by atoms with E-state index in [0.29, 0.717) is 18.8 Å². The van der Waals surface area contributed by atoms with E-state index in [1.165, 1.54) is 7.11 Å². The highest BCUT2D eigenvalue weighted by molar-refractivity contribution is 5.92. The molecule has 0 unspecified atom stereocenters. The third-order valence-electron chi connectivity index (χ3n) is 8.42. The van der Waals surface area contributed by atoms with Crippen LogP contribution < -0.4 is 15.4 Å². The fourth-order valence-electron chi connectivity index (χ4n) is 6.09. The van der Waals surface area contributed by atoms with Crippen LogP contribution in [-0.4, -0.2) is 92.5 Å². The number of rotatable bonds is 8. The number of hydrogen-bond donors (Lipinski definition) is 2. The lowest BCUT2D eigenvalue weighted by Gasteiger charge is -2.43. The number of piperidine rings is 1. The molecule has 214 valence electrons. The number of nitrogens with zero attached hydrogens (tertiary/aromatic N) is 2. The minimum atomic E-state index is -0.928. The van der Waals surface area contributed by atoms with Gasteiger partial charge in [0.25, 0.3) is 0 Å². The average molecular weight is 544 g/mol. The third kappa shape index (κ3) is 7.29. The smallest absolute Gasteiger partial charge is 0.328 e. The summed E-state index contributed by atoms with van der Waals surface area (Å²) >= 11 is 0. The monoisotopic (exact) mass is 543 g/mol. The van der Waals surface area contributed by atoms with Gasteiger partial charge in [0.05, 0.1) is 33.9 Å². The summed E-state index contributed by atoms with van der Waals surface area (Å²) in [6, 6.07) is 5.48. The molecule has 2 aliphatic heterocycles. The van der Waals surface area contributed by atoms with E-state index < -0.39 is 24.0 Å². The van der Waals surface area contributed by atoms with Gasteiger partial charge in [-0.2, -0.15) is 0 Å². The van der Waals surface area contributed by atoms with E-state index in [0.717, 1.165) is 63.6 Å². The van der Waals surface area contributed by atoms with E-state index in [1.54, 1.807) is 29.0 Å². The first-order valence-electron chi connectivity index (χ1n) is 14.3. The molecule has 2 saturated heterocycles. The molecule has 1 aromatic carbocycles. The second-order valence-corrected chi connectivity index (χ2v) is 10.9. The number of benzene rings is 1. The molecular formula is C29H43N4O6+. The number of quaternary nitrogens is 1. The number of methoxy groups -OCH3 is 2. The fraction of sp³-hybridized carbons (Fsp3) is 0.655. The molecule has 2 heterocycles. The van der Waals surface area contributed by atoms with Gasteiger partial charge in [-0.25, -0.2) is 4.79 Å². The molecule has 3 aliphatic rings. The highest BCUT2D eigenvalue weighted by Crippen LogP contribution is 2.28. The molecular weight excluding hydrogens is 500 g/mol. The second kappa shape index (κ2) is 13.8. The largest absolute Gasteiger partial charge is 0.497 e. The summed E-state index contributed by atoms with van der Waals surface area (Å²) in [5, 5.41) is 5.08. The van der Waals surface area contributed by atoms with Crippen LogP contribution >= 0.6 is 0 Å². The van der Waals surface area contributed by atoms with Crippen LogP contribution in [0, 0.1) is 11.8 Å². The standard InChI is InChI=1S/C29H42N4O6/c1-38-23-10-8-20(9-11-23)18-24(29(37)39-2)31-26(34)25-19-32(27(35)22-12-14-30-15-13-22)16-17-33(25)28(36)21-6-4-3-5-7-21/h8-11,21-22,24-25,30H,3-7,12-19H2,1-2H3,(H,31,34)/p+1/t24-,25-/m0/s1. The molecule has 0 spiro atoms. The van der Waals surface area contributed by atoms with Crippen LogP contribution in [0.3, 0.4) is 0 Å². The Kier molecular flexibility index (Phi) is 10.2. The Bertz CT molecular complexity index is 1000. The van der Waals surface area contributed by atoms with Gasteiger partial charge in [0.1, 0.15) is 17.8 Å². The van der Waals surface area contributed by atoms with E-state index in [9.17, 15) is 19.2 Å². The number of esters is 1. The summed E-state index contributed by atoms with van der Waals surface area (Å²) in [7, 11) is 2.87. The van der Waals surface area contributed by atoms with Gasteiger partial charge in [-0.05, 0) is 30.5 Å². The Morgan fingerprint density at radius 2 is 1.59 bits per heavy atom. The van der Waals surface area contributed by atoms with E-state index in [4.69, 9.17) is 9.47 Å². The van der Waals surface area contributed by atoms with Crippen molar-refractivity contribution in [1.29, 1.82) is 0 Å². The van der Waals surface area contributed by atoms with Gasteiger partial charge < -0.3 is 29.9 Å². The number of piperazine rings is 1. The van der Waals surface area contributed by atoms with Crippen LogP contribution in [-0.2, 0) is 30.3 Å². The summed E-state index contributed by atoms with van der Waals surface area (Å²) in [5.74, 6) is -0.397. The SMILES string of the molecule is COC(=O)[C@H](Cc1ccc(OC)cc1)NC(=O)[C@@H]1CN(C(=O)C2CC[NH2+]CC2)CCN1C(=O)C1CCCCC1. The summed E-state index contributed by atoms with van der Waals surface area (Å²) in [6.07, 6.45) is 6.67. The number of amides is 3. The maximum absolute atomic E-state index is 13.8. The average Bonchev–Trinajstić information content (AvgIpc) is 3.00. The normalized spacial score (nSPS) is 21.6. The number of hydrogen-bond acceptors (Lipinski definition) is 6. The molecule has 2 atom stereocenters. The highest BCUT2D eigenvalue weighted by atomic mass is 16.5. The fourth-order valence-corrected chi connectivity index (χ4v) is 6.09. The zero-order valence-electron chi connectivity index (χ0n) is 23.2. The number of carbonyl (C=O) groups is 4. The maximum atomic E-state index is 13.8. The van der Waals surface area contributed by atoms with Crippen LogP contribution in [0.4, 0.5) is 0 Å². The number of nitrogens with one attached hydrogen (secondary N) is 1. The molecule has 0 aromatic heterocycles. The molecule has 3 N–H and O–H groups in total. The number of carbonyl (C=O) groups excluding carboxylic acids is 4. The van der Waals surface area contributed by atoms with E-state index in [2.05, 4.69) is 10.6 Å². The minimum Gasteiger partial charge on any atom is -0.497 e. The Morgan fingerprint density at radius 1 is 0.923 bits per heavy atom. The lowest BCUT2D eigenvalue weighted by molar-refractivity contribution is -0.664. The van der Waals surface area contributed by atoms with Gasteiger partial charge >= 0.3 is 5.97 Å². The van der Waals surface area contributed by atoms with Gasteiger partial charge in [-0.3, -0.25) is 14.4 Å². The Balaban J connectivity index is 1.52. The van der Waals surface area contributed by atoms with Crippen molar-refractivity contribution in [2.75, 3.05) is 46.9 Å². The predicted molar refractivity (Wildman–Crippen MR) is 144 cm³/mol. The van der Waals surface area contributed by atoms with Crippen molar-refractivity contribution in [3.05, 3.63) is 29.8 Å². The van der Waals surface area contributed by atoms with Crippen molar-refractivity contribution in [3.63, 3.8) is 0 Å². The molecule has 10 heteroatoms. The Labute approximate surface area is 230 Å². The van der Waals surface area contributed by atoms with Crippen LogP contribution in [0.15, 0.2) is 24.3 Å². The first-order chi connectivity index (χ1) is 18.9. The van der Waals surface area contributed by atoms with Crippen LogP contribution in [0.25, 0.3) is 0 Å². The van der Waals surface area contributed by atoms with Gasteiger partial charge in [0.2, 0.25) is 17.7 Å². The highest BCUT2D eigenvalue weighted by Gasteiger charge is 2.41. The molecule has 0 radical (unpaired) electrons. The summed E-state index contributed by atoms with van der Waals surface area (Å²) in [4.78, 5) is 56.9. The zero-order valence-corrected chi connectivity index (χ0v) is 23.2. The second-order valence-electron chi connectivity index (χ2n) is 10.9. The van der Waals surface area contributed by atoms with Crippen LogP contribution in [0.5, 0.6) is 5.75 Å². The molecule has 1 aliphatic carbocycles. The van der Waals surface area contributed by atoms with Crippen molar-refractivity contribution < 1.29 is 34.0 Å².